The number of hydrogen-bond donors (Lipinski definition) is 1. The summed E-state index contributed by atoms with van der Waals surface area (Å²) in [6, 6.07) is 5.78. The highest BCUT2D eigenvalue weighted by atomic mass is 16.2. The summed E-state index contributed by atoms with van der Waals surface area (Å²) in [4.78, 5) is 30.5. The lowest BCUT2D eigenvalue weighted by Gasteiger charge is -2.32. The van der Waals surface area contributed by atoms with E-state index in [4.69, 9.17) is 0 Å². The number of pyridine rings is 1. The minimum Gasteiger partial charge on any atom is -0.352 e. The first-order chi connectivity index (χ1) is 13.6. The van der Waals surface area contributed by atoms with Crippen molar-refractivity contribution >= 4 is 11.8 Å². The van der Waals surface area contributed by atoms with Gasteiger partial charge in [0.15, 0.2) is 0 Å². The third kappa shape index (κ3) is 5.90. The average molecular weight is 383 g/mol. The summed E-state index contributed by atoms with van der Waals surface area (Å²) >= 11 is 0. The van der Waals surface area contributed by atoms with E-state index in [9.17, 15) is 9.59 Å². The Labute approximate surface area is 166 Å². The van der Waals surface area contributed by atoms with E-state index in [0.29, 0.717) is 25.3 Å². The van der Waals surface area contributed by atoms with Crippen molar-refractivity contribution in [1.29, 1.82) is 0 Å². The van der Waals surface area contributed by atoms with Crippen molar-refractivity contribution in [2.75, 3.05) is 13.1 Å². The summed E-state index contributed by atoms with van der Waals surface area (Å²) < 4.78 is 1.82. The highest BCUT2D eigenvalue weighted by Gasteiger charge is 2.23. The lowest BCUT2D eigenvalue weighted by Crippen LogP contribution is -2.38. The summed E-state index contributed by atoms with van der Waals surface area (Å²) in [6.45, 7) is 2.12. The van der Waals surface area contributed by atoms with E-state index >= 15 is 0 Å². The molecule has 150 valence electrons. The normalized spacial score (nSPS) is 14.8. The van der Waals surface area contributed by atoms with E-state index in [1.807, 2.05) is 34.8 Å². The average Bonchev–Trinajstić information content (AvgIpc) is 3.15. The first-order valence-electron chi connectivity index (χ1n) is 10.0. The summed E-state index contributed by atoms with van der Waals surface area (Å²) in [7, 11) is 1.90. The van der Waals surface area contributed by atoms with Gasteiger partial charge in [-0.05, 0) is 49.3 Å². The summed E-state index contributed by atoms with van der Waals surface area (Å²) in [5.41, 5.74) is 2.09. The van der Waals surface area contributed by atoms with Gasteiger partial charge in [-0.25, -0.2) is 0 Å². The molecule has 1 aliphatic heterocycles. The Kier molecular flexibility index (Phi) is 7.17. The second kappa shape index (κ2) is 10.0. The van der Waals surface area contributed by atoms with Crippen LogP contribution in [0.25, 0.3) is 0 Å². The molecule has 7 heteroatoms. The molecule has 2 amide bonds. The third-order valence-corrected chi connectivity index (χ3v) is 5.48. The van der Waals surface area contributed by atoms with Crippen molar-refractivity contribution in [3.8, 4) is 0 Å². The number of nitrogens with one attached hydrogen (secondary N) is 1. The molecule has 1 saturated heterocycles. The predicted octanol–water partition coefficient (Wildman–Crippen LogP) is 2.08. The van der Waals surface area contributed by atoms with Crippen LogP contribution in [-0.2, 0) is 29.6 Å². The van der Waals surface area contributed by atoms with E-state index < -0.39 is 0 Å². The fourth-order valence-corrected chi connectivity index (χ4v) is 3.64. The first kappa shape index (κ1) is 20.0. The third-order valence-electron chi connectivity index (χ3n) is 5.48. The van der Waals surface area contributed by atoms with Crippen LogP contribution in [0.1, 0.15) is 43.4 Å². The van der Waals surface area contributed by atoms with Gasteiger partial charge in [0.05, 0.1) is 0 Å². The van der Waals surface area contributed by atoms with Gasteiger partial charge in [-0.3, -0.25) is 19.3 Å². The fraction of sp³-hybridized carbons (Fsp3) is 0.524. The van der Waals surface area contributed by atoms with Gasteiger partial charge in [0, 0.05) is 63.8 Å². The lowest BCUT2D eigenvalue weighted by molar-refractivity contribution is -0.132. The van der Waals surface area contributed by atoms with E-state index in [0.717, 1.165) is 50.0 Å². The van der Waals surface area contributed by atoms with Crippen LogP contribution in [0, 0.1) is 5.92 Å². The van der Waals surface area contributed by atoms with Crippen LogP contribution in [-0.4, -0.2) is 44.6 Å². The molecule has 0 saturated carbocycles. The number of nitrogens with zero attached hydrogens (tertiary/aromatic N) is 4. The van der Waals surface area contributed by atoms with Gasteiger partial charge in [0.2, 0.25) is 11.8 Å². The van der Waals surface area contributed by atoms with E-state index in [1.54, 1.807) is 18.6 Å². The van der Waals surface area contributed by atoms with Crippen molar-refractivity contribution in [2.45, 2.75) is 45.1 Å². The van der Waals surface area contributed by atoms with Crippen LogP contribution in [0.15, 0.2) is 36.8 Å². The quantitative estimate of drug-likeness (QED) is 0.757. The molecule has 0 bridgehead atoms. The zero-order valence-corrected chi connectivity index (χ0v) is 16.5. The second-order valence-electron chi connectivity index (χ2n) is 7.45. The van der Waals surface area contributed by atoms with Crippen molar-refractivity contribution < 1.29 is 9.59 Å². The molecule has 1 fully saturated rings. The highest BCUT2D eigenvalue weighted by Crippen LogP contribution is 2.22. The van der Waals surface area contributed by atoms with E-state index in [-0.39, 0.29) is 11.8 Å². The van der Waals surface area contributed by atoms with Crippen LogP contribution in [0.4, 0.5) is 0 Å². The maximum Gasteiger partial charge on any atom is 0.222 e. The molecule has 2 aromatic rings. The zero-order chi connectivity index (χ0) is 19.8. The Balaban J connectivity index is 1.31. The number of aromatic nitrogens is 3. The molecule has 0 aromatic carbocycles. The Hall–Kier alpha value is -2.70. The van der Waals surface area contributed by atoms with Gasteiger partial charge in [-0.2, -0.15) is 5.10 Å². The molecule has 1 N–H and O–H groups in total. The van der Waals surface area contributed by atoms with Crippen LogP contribution in [0.2, 0.25) is 0 Å². The van der Waals surface area contributed by atoms with E-state index in [2.05, 4.69) is 15.4 Å². The molecule has 3 rings (SSSR count). The summed E-state index contributed by atoms with van der Waals surface area (Å²) in [5, 5.41) is 7.09. The Bertz CT molecular complexity index is 766. The smallest absolute Gasteiger partial charge is 0.222 e. The standard InChI is InChI=1S/C21H29N5O2/c1-25-19(8-12-24-25)5-7-21(28)26-13-9-17(10-14-26)4-6-20(27)23-16-18-3-2-11-22-15-18/h2-3,8,11-12,15,17H,4-7,9-10,13-14,16H2,1H3,(H,23,27). The summed E-state index contributed by atoms with van der Waals surface area (Å²) in [6.07, 6.45) is 9.89. The van der Waals surface area contributed by atoms with Crippen LogP contribution in [0.3, 0.4) is 0 Å². The SMILES string of the molecule is Cn1nccc1CCC(=O)N1CCC(CCC(=O)NCc2cccnc2)CC1. The minimum atomic E-state index is 0.0820. The largest absolute Gasteiger partial charge is 0.352 e. The Morgan fingerprint density at radius 1 is 1.18 bits per heavy atom. The minimum absolute atomic E-state index is 0.0820. The lowest BCUT2D eigenvalue weighted by atomic mass is 9.92. The number of likely N-dealkylation sites (tertiary alicyclic amines) is 1. The maximum atomic E-state index is 12.4. The number of carbonyl (C=O) groups excluding carboxylic acids is 2. The molecule has 7 nitrogen and oxygen atoms in total. The molecule has 0 spiro atoms. The molecule has 0 radical (unpaired) electrons. The Morgan fingerprint density at radius 3 is 2.68 bits per heavy atom. The summed E-state index contributed by atoms with van der Waals surface area (Å²) in [5.74, 6) is 0.817. The molecule has 28 heavy (non-hydrogen) atoms. The number of piperidine rings is 1. The topological polar surface area (TPSA) is 80.1 Å². The fourth-order valence-electron chi connectivity index (χ4n) is 3.64. The highest BCUT2D eigenvalue weighted by molar-refractivity contribution is 5.76. The molecular formula is C21H29N5O2. The maximum absolute atomic E-state index is 12.4. The Morgan fingerprint density at radius 2 is 2.00 bits per heavy atom. The molecule has 0 unspecified atom stereocenters. The van der Waals surface area contributed by atoms with E-state index in [1.165, 1.54) is 0 Å². The number of aryl methyl sites for hydroxylation is 2. The molecule has 0 atom stereocenters. The van der Waals surface area contributed by atoms with Gasteiger partial charge >= 0.3 is 0 Å². The zero-order valence-electron chi connectivity index (χ0n) is 16.5. The van der Waals surface area contributed by atoms with Crippen molar-refractivity contribution in [2.24, 2.45) is 13.0 Å². The van der Waals surface area contributed by atoms with Crippen molar-refractivity contribution in [3.63, 3.8) is 0 Å². The number of rotatable bonds is 8. The molecular weight excluding hydrogens is 354 g/mol. The molecule has 2 aromatic heterocycles. The number of hydrogen-bond acceptors (Lipinski definition) is 4. The van der Waals surface area contributed by atoms with Crippen LogP contribution >= 0.6 is 0 Å². The molecule has 1 aliphatic rings. The first-order valence-corrected chi connectivity index (χ1v) is 10.0. The van der Waals surface area contributed by atoms with Gasteiger partial charge in [-0.1, -0.05) is 6.07 Å². The second-order valence-corrected chi connectivity index (χ2v) is 7.45. The van der Waals surface area contributed by atoms with Gasteiger partial charge in [0.1, 0.15) is 0 Å². The number of carbonyl (C=O) groups is 2. The van der Waals surface area contributed by atoms with Crippen LogP contribution < -0.4 is 5.32 Å². The van der Waals surface area contributed by atoms with Crippen molar-refractivity contribution in [1.82, 2.24) is 25.0 Å². The number of amides is 2. The van der Waals surface area contributed by atoms with Crippen LogP contribution in [0.5, 0.6) is 0 Å². The predicted molar refractivity (Wildman–Crippen MR) is 106 cm³/mol. The van der Waals surface area contributed by atoms with Gasteiger partial charge in [-0.15, -0.1) is 0 Å². The molecule has 3 heterocycles. The monoisotopic (exact) mass is 383 g/mol. The molecule has 0 aliphatic carbocycles. The van der Waals surface area contributed by atoms with Gasteiger partial charge < -0.3 is 10.2 Å². The van der Waals surface area contributed by atoms with Crippen molar-refractivity contribution in [3.05, 3.63) is 48.0 Å². The van der Waals surface area contributed by atoms with Gasteiger partial charge in [0.25, 0.3) is 0 Å².